The Labute approximate surface area is 115 Å². The van der Waals surface area contributed by atoms with Gasteiger partial charge in [0.1, 0.15) is 0 Å². The van der Waals surface area contributed by atoms with Crippen LogP contribution in [-0.4, -0.2) is 18.0 Å². The number of hydrogen-bond donors (Lipinski definition) is 0. The van der Waals surface area contributed by atoms with Gasteiger partial charge in [-0.25, -0.2) is 0 Å². The van der Waals surface area contributed by atoms with Crippen LogP contribution in [0.25, 0.3) is 11.1 Å². The lowest BCUT2D eigenvalue weighted by atomic mass is 9.99. The van der Waals surface area contributed by atoms with Gasteiger partial charge in [0.05, 0.1) is 0 Å². The second-order valence-corrected chi connectivity index (χ2v) is 5.28. The van der Waals surface area contributed by atoms with Crippen molar-refractivity contribution in [3.8, 4) is 11.1 Å². The molecule has 1 nitrogen and oxygen atoms in total. The molecule has 0 atom stereocenters. The van der Waals surface area contributed by atoms with E-state index in [0.29, 0.717) is 0 Å². The summed E-state index contributed by atoms with van der Waals surface area (Å²) in [6, 6.07) is 20.2. The first kappa shape index (κ1) is 12.4. The van der Waals surface area contributed by atoms with Crippen LogP contribution in [0.3, 0.4) is 0 Å². The van der Waals surface area contributed by atoms with E-state index in [4.69, 9.17) is 0 Å². The molecule has 0 unspecified atom stereocenters. The van der Waals surface area contributed by atoms with Crippen LogP contribution in [0, 0.1) is 6.07 Å². The average molecular weight is 250 g/mol. The first-order valence-corrected chi connectivity index (χ1v) is 7.20. The van der Waals surface area contributed by atoms with E-state index < -0.39 is 0 Å². The molecule has 0 saturated carbocycles. The molecule has 1 aliphatic rings. The van der Waals surface area contributed by atoms with Gasteiger partial charge in [0, 0.05) is 6.54 Å². The van der Waals surface area contributed by atoms with Crippen molar-refractivity contribution in [3.63, 3.8) is 0 Å². The fourth-order valence-corrected chi connectivity index (χ4v) is 2.86. The van der Waals surface area contributed by atoms with Crippen LogP contribution in [0.1, 0.15) is 24.8 Å². The molecular weight excluding hydrogens is 230 g/mol. The van der Waals surface area contributed by atoms with Crippen LogP contribution in [0.2, 0.25) is 0 Å². The summed E-state index contributed by atoms with van der Waals surface area (Å²) < 4.78 is 0. The van der Waals surface area contributed by atoms with E-state index in [9.17, 15) is 0 Å². The number of likely N-dealkylation sites (tertiary alicyclic amines) is 1. The highest BCUT2D eigenvalue weighted by Crippen LogP contribution is 2.25. The Balaban J connectivity index is 1.85. The Kier molecular flexibility index (Phi) is 3.95. The molecule has 1 heterocycles. The van der Waals surface area contributed by atoms with E-state index in [2.05, 4.69) is 47.4 Å². The normalized spacial score (nSPS) is 16.4. The maximum absolute atomic E-state index is 3.09. The predicted molar refractivity (Wildman–Crippen MR) is 79.8 cm³/mol. The molecule has 2 aromatic rings. The Morgan fingerprint density at radius 1 is 0.895 bits per heavy atom. The van der Waals surface area contributed by atoms with Crippen molar-refractivity contribution in [2.45, 2.75) is 25.8 Å². The molecule has 2 aromatic carbocycles. The molecule has 0 N–H and O–H groups in total. The minimum Gasteiger partial charge on any atom is -0.299 e. The number of benzene rings is 2. The quantitative estimate of drug-likeness (QED) is 0.791. The van der Waals surface area contributed by atoms with Crippen molar-refractivity contribution in [1.29, 1.82) is 0 Å². The fraction of sp³-hybridized carbons (Fsp3) is 0.333. The van der Waals surface area contributed by atoms with E-state index in [1.807, 2.05) is 12.1 Å². The zero-order chi connectivity index (χ0) is 12.9. The van der Waals surface area contributed by atoms with Crippen molar-refractivity contribution in [2.75, 3.05) is 13.1 Å². The van der Waals surface area contributed by atoms with E-state index in [-0.39, 0.29) is 0 Å². The van der Waals surface area contributed by atoms with Crippen molar-refractivity contribution in [2.24, 2.45) is 0 Å². The van der Waals surface area contributed by atoms with Gasteiger partial charge in [0.25, 0.3) is 0 Å². The molecule has 1 heteroatoms. The van der Waals surface area contributed by atoms with Gasteiger partial charge in [-0.1, -0.05) is 55.0 Å². The van der Waals surface area contributed by atoms with Gasteiger partial charge in [0.2, 0.25) is 0 Å². The monoisotopic (exact) mass is 250 g/mol. The summed E-state index contributed by atoms with van der Waals surface area (Å²) in [7, 11) is 0. The van der Waals surface area contributed by atoms with Crippen molar-refractivity contribution < 1.29 is 0 Å². The molecule has 97 valence electrons. The molecule has 0 spiro atoms. The van der Waals surface area contributed by atoms with E-state index in [1.54, 1.807) is 0 Å². The van der Waals surface area contributed by atoms with Crippen molar-refractivity contribution >= 4 is 0 Å². The van der Waals surface area contributed by atoms with Gasteiger partial charge in [-0.2, -0.15) is 0 Å². The summed E-state index contributed by atoms with van der Waals surface area (Å²) in [5.74, 6) is 0. The SMILES string of the molecule is [c]1ccc(-c2ccccc2CN2CCCCC2)cc1. The largest absolute Gasteiger partial charge is 0.299 e. The van der Waals surface area contributed by atoms with Gasteiger partial charge < -0.3 is 0 Å². The van der Waals surface area contributed by atoms with Crippen LogP contribution in [0.15, 0.2) is 48.5 Å². The molecule has 1 fully saturated rings. The van der Waals surface area contributed by atoms with Crippen LogP contribution in [0.4, 0.5) is 0 Å². The van der Waals surface area contributed by atoms with E-state index >= 15 is 0 Å². The van der Waals surface area contributed by atoms with Crippen LogP contribution in [0.5, 0.6) is 0 Å². The molecule has 0 bridgehead atoms. The summed E-state index contributed by atoms with van der Waals surface area (Å²) in [4.78, 5) is 2.58. The predicted octanol–water partition coefficient (Wildman–Crippen LogP) is 4.14. The summed E-state index contributed by atoms with van der Waals surface area (Å²) in [5, 5.41) is 0. The first-order chi connectivity index (χ1) is 9.43. The lowest BCUT2D eigenvalue weighted by Gasteiger charge is -2.27. The number of hydrogen-bond acceptors (Lipinski definition) is 1. The molecule has 3 rings (SSSR count). The number of piperidine rings is 1. The third-order valence-corrected chi connectivity index (χ3v) is 3.89. The number of nitrogens with zero attached hydrogens (tertiary/aromatic N) is 1. The second kappa shape index (κ2) is 6.03. The smallest absolute Gasteiger partial charge is 0.0239 e. The molecule has 1 saturated heterocycles. The third kappa shape index (κ3) is 3.05. The third-order valence-electron chi connectivity index (χ3n) is 3.89. The van der Waals surface area contributed by atoms with Gasteiger partial charge in [-0.05, 0) is 48.7 Å². The topological polar surface area (TPSA) is 3.24 Å². The van der Waals surface area contributed by atoms with E-state index in [1.165, 1.54) is 49.0 Å². The molecular formula is C18H20N. The highest BCUT2D eigenvalue weighted by molar-refractivity contribution is 5.67. The molecule has 1 aliphatic heterocycles. The Morgan fingerprint density at radius 3 is 2.42 bits per heavy atom. The lowest BCUT2D eigenvalue weighted by Crippen LogP contribution is -2.29. The van der Waals surface area contributed by atoms with Gasteiger partial charge in [-0.15, -0.1) is 0 Å². The highest BCUT2D eigenvalue weighted by Gasteiger charge is 2.12. The summed E-state index contributed by atoms with van der Waals surface area (Å²) in [6.07, 6.45) is 4.09. The maximum atomic E-state index is 3.09. The Morgan fingerprint density at radius 2 is 1.63 bits per heavy atom. The standard InChI is InChI=1S/C18H20N/c1-3-9-16(10-4-1)18-12-6-5-11-17(18)15-19-13-7-2-8-14-19/h3-6,9-12H,2,7-8,13-15H2. The van der Waals surface area contributed by atoms with Crippen LogP contribution >= 0.6 is 0 Å². The molecule has 1 radical (unpaired) electrons. The minimum absolute atomic E-state index is 1.08. The summed E-state index contributed by atoms with van der Waals surface area (Å²) in [6.45, 7) is 3.57. The van der Waals surface area contributed by atoms with Crippen molar-refractivity contribution in [1.82, 2.24) is 4.90 Å². The minimum atomic E-state index is 1.08. The van der Waals surface area contributed by atoms with E-state index in [0.717, 1.165) is 6.54 Å². The zero-order valence-corrected chi connectivity index (χ0v) is 11.3. The Bertz CT molecular complexity index is 512. The zero-order valence-electron chi connectivity index (χ0n) is 11.3. The van der Waals surface area contributed by atoms with Gasteiger partial charge in [-0.3, -0.25) is 4.90 Å². The van der Waals surface area contributed by atoms with Crippen LogP contribution in [-0.2, 0) is 6.54 Å². The van der Waals surface area contributed by atoms with Crippen LogP contribution < -0.4 is 0 Å². The first-order valence-electron chi connectivity index (χ1n) is 7.20. The average Bonchev–Trinajstić information content (AvgIpc) is 2.50. The molecule has 0 aromatic heterocycles. The lowest BCUT2D eigenvalue weighted by molar-refractivity contribution is 0.221. The van der Waals surface area contributed by atoms with Gasteiger partial charge >= 0.3 is 0 Å². The second-order valence-electron chi connectivity index (χ2n) is 5.28. The highest BCUT2D eigenvalue weighted by atomic mass is 15.1. The van der Waals surface area contributed by atoms with Crippen molar-refractivity contribution in [3.05, 3.63) is 60.2 Å². The maximum Gasteiger partial charge on any atom is 0.0239 e. The molecule has 0 amide bonds. The fourth-order valence-electron chi connectivity index (χ4n) is 2.86. The summed E-state index contributed by atoms with van der Waals surface area (Å²) >= 11 is 0. The van der Waals surface area contributed by atoms with Gasteiger partial charge in [0.15, 0.2) is 0 Å². The molecule has 0 aliphatic carbocycles. The summed E-state index contributed by atoms with van der Waals surface area (Å²) in [5.41, 5.74) is 4.10. The number of rotatable bonds is 3. The molecule has 19 heavy (non-hydrogen) atoms. The Hall–Kier alpha value is -1.60.